The highest BCUT2D eigenvalue weighted by Gasteiger charge is 2.35. The van der Waals surface area contributed by atoms with Crippen molar-refractivity contribution in [1.82, 2.24) is 9.97 Å². The third kappa shape index (κ3) is 5.14. The number of aliphatic hydroxyl groups excluding tert-OH is 1. The van der Waals surface area contributed by atoms with Gasteiger partial charge in [-0.2, -0.15) is 4.98 Å². The number of fused-ring (bicyclic) bond motifs is 1. The van der Waals surface area contributed by atoms with E-state index in [1.54, 1.807) is 12.3 Å². The van der Waals surface area contributed by atoms with Crippen molar-refractivity contribution in [3.05, 3.63) is 50.6 Å². The summed E-state index contributed by atoms with van der Waals surface area (Å²) in [5.74, 6) is 3.86. The van der Waals surface area contributed by atoms with Crippen LogP contribution in [0.25, 0.3) is 5.57 Å². The van der Waals surface area contributed by atoms with Gasteiger partial charge in [-0.05, 0) is 73.3 Å². The Morgan fingerprint density at radius 2 is 2.06 bits per heavy atom. The van der Waals surface area contributed by atoms with E-state index < -0.39 is 0 Å². The largest absolute Gasteiger partial charge is 0.393 e. The van der Waals surface area contributed by atoms with Gasteiger partial charge < -0.3 is 15.7 Å². The number of benzene rings is 1. The summed E-state index contributed by atoms with van der Waals surface area (Å²) >= 11 is 12.7. The lowest BCUT2D eigenvalue weighted by molar-refractivity contribution is 0.00926. The molecule has 5 nitrogen and oxygen atoms in total. The minimum absolute atomic E-state index is 0.144. The Morgan fingerprint density at radius 1 is 1.27 bits per heavy atom. The highest BCUT2D eigenvalue weighted by atomic mass is 35.5. The third-order valence-electron chi connectivity index (χ3n) is 6.82. The van der Waals surface area contributed by atoms with Crippen LogP contribution in [0.1, 0.15) is 63.1 Å². The van der Waals surface area contributed by atoms with E-state index in [-0.39, 0.29) is 17.6 Å². The maximum absolute atomic E-state index is 10.2. The van der Waals surface area contributed by atoms with Crippen molar-refractivity contribution in [3.63, 3.8) is 0 Å². The summed E-state index contributed by atoms with van der Waals surface area (Å²) < 4.78 is 0. The van der Waals surface area contributed by atoms with Gasteiger partial charge in [0.25, 0.3) is 0 Å². The first-order chi connectivity index (χ1) is 15.7. The first-order valence-corrected chi connectivity index (χ1v) is 12.1. The average molecular weight is 485 g/mol. The number of allylic oxidation sites excluding steroid dienone is 1. The Bertz CT molecular complexity index is 1140. The summed E-state index contributed by atoms with van der Waals surface area (Å²) in [6, 6.07) is 4.01. The lowest BCUT2D eigenvalue weighted by Crippen LogP contribution is -2.41. The highest BCUT2D eigenvalue weighted by molar-refractivity contribution is 6.36. The minimum Gasteiger partial charge on any atom is -0.393 e. The first kappa shape index (κ1) is 23.9. The van der Waals surface area contributed by atoms with Crippen LogP contribution < -0.4 is 10.6 Å². The van der Waals surface area contributed by atoms with E-state index in [9.17, 15) is 5.11 Å². The number of rotatable bonds is 6. The maximum atomic E-state index is 10.2. The number of aliphatic hydroxyl groups is 1. The van der Waals surface area contributed by atoms with Gasteiger partial charge in [0.15, 0.2) is 0 Å². The molecular weight excluding hydrogens is 455 g/mol. The molecule has 1 aromatic heterocycles. The minimum atomic E-state index is -0.284. The van der Waals surface area contributed by atoms with E-state index >= 15 is 0 Å². The van der Waals surface area contributed by atoms with E-state index in [0.29, 0.717) is 33.9 Å². The molecule has 1 heterocycles. The van der Waals surface area contributed by atoms with Crippen molar-refractivity contribution in [2.75, 3.05) is 17.2 Å². The maximum Gasteiger partial charge on any atom is 0.224 e. The molecule has 3 N–H and O–H groups in total. The molecule has 0 radical (unpaired) electrons. The monoisotopic (exact) mass is 484 g/mol. The van der Waals surface area contributed by atoms with Crippen molar-refractivity contribution in [1.29, 1.82) is 0 Å². The molecule has 33 heavy (non-hydrogen) atoms. The lowest BCUT2D eigenvalue weighted by atomic mass is 9.73. The number of nitrogens with one attached hydrogen (secondary N) is 2. The van der Waals surface area contributed by atoms with Gasteiger partial charge in [0, 0.05) is 22.6 Å². The summed E-state index contributed by atoms with van der Waals surface area (Å²) in [6.07, 6.45) is 11.2. The summed E-state index contributed by atoms with van der Waals surface area (Å²) in [4.78, 5) is 9.06. The number of hydrogen-bond donors (Lipinski definition) is 3. The lowest BCUT2D eigenvalue weighted by Gasteiger charge is -2.40. The number of hydrogen-bond acceptors (Lipinski definition) is 5. The van der Waals surface area contributed by atoms with Crippen molar-refractivity contribution >= 4 is 40.5 Å². The Balaban J connectivity index is 1.43. The Labute approximate surface area is 206 Å². The smallest absolute Gasteiger partial charge is 0.224 e. The molecule has 0 bridgehead atoms. The number of halogens is 2. The zero-order chi connectivity index (χ0) is 23.8. The van der Waals surface area contributed by atoms with Crippen LogP contribution in [0.3, 0.4) is 0 Å². The topological polar surface area (TPSA) is 70.1 Å². The van der Waals surface area contributed by atoms with Crippen molar-refractivity contribution in [2.24, 2.45) is 5.41 Å². The van der Waals surface area contributed by atoms with Crippen LogP contribution in [0.4, 0.5) is 11.8 Å². The molecular formula is C26H30Cl2N4O. The number of nitrogens with zero attached hydrogens (tertiary/aromatic N) is 2. The third-order valence-corrected chi connectivity index (χ3v) is 7.33. The van der Waals surface area contributed by atoms with E-state index in [2.05, 4.69) is 47.3 Å². The van der Waals surface area contributed by atoms with Crippen LogP contribution in [0, 0.1) is 17.8 Å². The second-order valence-electron chi connectivity index (χ2n) is 9.76. The standard InChI is InChI=1S/C26H30Cl2N4O/c1-5-16-14-30-25(32-24(16)31-19-6-7-22(33)26(3,4)13-19)29-9-8-20-15(2)10-17-11-18(27)12-21(28)23(17)20/h1,11-12,14,19,22,33H,6-10,13H2,2-4H3,(H2,29,30,31,32)/t19-,22+/m1/s1. The van der Waals surface area contributed by atoms with E-state index in [4.69, 9.17) is 29.6 Å². The van der Waals surface area contributed by atoms with E-state index in [0.717, 1.165) is 37.7 Å². The summed E-state index contributed by atoms with van der Waals surface area (Å²) in [5, 5.41) is 18.4. The first-order valence-electron chi connectivity index (χ1n) is 11.4. The zero-order valence-electron chi connectivity index (χ0n) is 19.3. The van der Waals surface area contributed by atoms with Crippen molar-refractivity contribution in [3.8, 4) is 12.3 Å². The molecule has 0 spiro atoms. The molecule has 2 aromatic rings. The van der Waals surface area contributed by atoms with E-state index in [1.165, 1.54) is 16.7 Å². The fraction of sp³-hybridized carbons (Fsp3) is 0.462. The summed E-state index contributed by atoms with van der Waals surface area (Å²) in [7, 11) is 0. The number of aromatic nitrogens is 2. The molecule has 0 aliphatic heterocycles. The Kier molecular flexibility index (Phi) is 6.91. The van der Waals surface area contributed by atoms with Crippen LogP contribution in [-0.4, -0.2) is 33.8 Å². The molecule has 7 heteroatoms. The number of anilines is 2. The molecule has 0 unspecified atom stereocenters. The van der Waals surface area contributed by atoms with Gasteiger partial charge in [-0.25, -0.2) is 4.98 Å². The quantitative estimate of drug-likeness (QED) is 0.442. The second-order valence-corrected chi connectivity index (χ2v) is 10.6. The van der Waals surface area contributed by atoms with Gasteiger partial charge in [0.05, 0.1) is 17.9 Å². The molecule has 1 aromatic carbocycles. The summed E-state index contributed by atoms with van der Waals surface area (Å²) in [6.45, 7) is 7.00. The molecule has 4 rings (SSSR count). The Morgan fingerprint density at radius 3 is 2.79 bits per heavy atom. The molecule has 2 aliphatic rings. The van der Waals surface area contributed by atoms with Gasteiger partial charge in [0.1, 0.15) is 5.82 Å². The SMILES string of the molecule is C#Cc1cnc(NCCC2=C(C)Cc3cc(Cl)cc(Cl)c32)nc1N[C@@H]1CC[C@H](O)C(C)(C)C1. The molecule has 0 saturated heterocycles. The van der Waals surface area contributed by atoms with Gasteiger partial charge in [-0.3, -0.25) is 0 Å². The fourth-order valence-electron chi connectivity index (χ4n) is 4.97. The van der Waals surface area contributed by atoms with E-state index in [1.807, 2.05) is 6.07 Å². The van der Waals surface area contributed by atoms with Gasteiger partial charge in [0.2, 0.25) is 5.95 Å². The molecule has 1 saturated carbocycles. The molecule has 2 aliphatic carbocycles. The van der Waals surface area contributed by atoms with Crippen molar-refractivity contribution < 1.29 is 5.11 Å². The van der Waals surface area contributed by atoms with Crippen LogP contribution in [0.5, 0.6) is 0 Å². The van der Waals surface area contributed by atoms with Gasteiger partial charge in [-0.15, -0.1) is 6.42 Å². The summed E-state index contributed by atoms with van der Waals surface area (Å²) in [5.41, 5.74) is 5.34. The van der Waals surface area contributed by atoms with Crippen LogP contribution in [0.2, 0.25) is 10.0 Å². The van der Waals surface area contributed by atoms with Gasteiger partial charge in [-0.1, -0.05) is 48.5 Å². The molecule has 0 amide bonds. The normalized spacial score (nSPS) is 21.5. The van der Waals surface area contributed by atoms with Crippen LogP contribution in [-0.2, 0) is 6.42 Å². The molecule has 2 atom stereocenters. The zero-order valence-corrected chi connectivity index (χ0v) is 20.8. The second kappa shape index (κ2) is 9.54. The number of terminal acetylenes is 1. The van der Waals surface area contributed by atoms with Crippen LogP contribution in [0.15, 0.2) is 23.9 Å². The fourth-order valence-corrected chi connectivity index (χ4v) is 5.62. The van der Waals surface area contributed by atoms with Crippen molar-refractivity contribution in [2.45, 2.75) is 65.0 Å². The Hall–Kier alpha value is -2.26. The van der Waals surface area contributed by atoms with Crippen LogP contribution >= 0.6 is 23.2 Å². The highest BCUT2D eigenvalue weighted by Crippen LogP contribution is 2.41. The predicted molar refractivity (Wildman–Crippen MR) is 137 cm³/mol. The van der Waals surface area contributed by atoms with Gasteiger partial charge >= 0.3 is 0 Å². The molecule has 174 valence electrons. The predicted octanol–water partition coefficient (Wildman–Crippen LogP) is 5.95. The average Bonchev–Trinajstić information content (AvgIpc) is 3.06. The molecule has 1 fully saturated rings.